The molecule has 0 aliphatic carbocycles. The first-order valence-corrected chi connectivity index (χ1v) is 8.67. The summed E-state index contributed by atoms with van der Waals surface area (Å²) >= 11 is 0. The lowest BCUT2D eigenvalue weighted by atomic mass is 10.1. The minimum Gasteiger partial charge on any atom is -0.368 e. The second kappa shape index (κ2) is 6.55. The van der Waals surface area contributed by atoms with Gasteiger partial charge in [0.25, 0.3) is 5.91 Å². The predicted octanol–water partition coefficient (Wildman–Crippen LogP) is 3.51. The second-order valence-electron chi connectivity index (χ2n) is 6.49. The zero-order chi connectivity index (χ0) is 17.2. The van der Waals surface area contributed by atoms with E-state index in [0.717, 1.165) is 42.6 Å². The summed E-state index contributed by atoms with van der Waals surface area (Å²) in [5.41, 5.74) is 4.11. The van der Waals surface area contributed by atoms with E-state index in [1.54, 1.807) is 6.20 Å². The molecule has 2 heterocycles. The Labute approximate surface area is 147 Å². The molecule has 0 radical (unpaired) electrons. The number of nitrogens with zero attached hydrogens (tertiary/aromatic N) is 3. The van der Waals surface area contributed by atoms with E-state index in [-0.39, 0.29) is 5.91 Å². The molecular formula is C21H21N3O. The van der Waals surface area contributed by atoms with Gasteiger partial charge in [-0.25, -0.2) is 0 Å². The van der Waals surface area contributed by atoms with Crippen LogP contribution in [-0.2, 0) is 0 Å². The van der Waals surface area contributed by atoms with Gasteiger partial charge in [0.2, 0.25) is 0 Å². The first-order valence-electron chi connectivity index (χ1n) is 8.67. The highest BCUT2D eigenvalue weighted by Crippen LogP contribution is 2.21. The van der Waals surface area contributed by atoms with Crippen molar-refractivity contribution in [2.75, 3.05) is 31.1 Å². The van der Waals surface area contributed by atoms with Crippen LogP contribution in [0.15, 0.2) is 60.8 Å². The van der Waals surface area contributed by atoms with Crippen molar-refractivity contribution in [3.05, 3.63) is 71.9 Å². The molecule has 4 heteroatoms. The van der Waals surface area contributed by atoms with Crippen LogP contribution in [-0.4, -0.2) is 42.0 Å². The summed E-state index contributed by atoms with van der Waals surface area (Å²) in [7, 11) is 0. The Balaban J connectivity index is 1.51. The lowest BCUT2D eigenvalue weighted by Crippen LogP contribution is -2.48. The quantitative estimate of drug-likeness (QED) is 0.721. The van der Waals surface area contributed by atoms with Gasteiger partial charge in [-0.1, -0.05) is 30.3 Å². The normalized spacial score (nSPS) is 14.8. The number of benzene rings is 2. The monoisotopic (exact) mass is 331 g/mol. The first kappa shape index (κ1) is 15.6. The average molecular weight is 331 g/mol. The summed E-state index contributed by atoms with van der Waals surface area (Å²) in [4.78, 5) is 21.6. The zero-order valence-corrected chi connectivity index (χ0v) is 14.4. The molecular weight excluding hydrogens is 310 g/mol. The Bertz CT molecular complexity index is 908. The van der Waals surface area contributed by atoms with Crippen LogP contribution in [0.4, 0.5) is 5.69 Å². The fraction of sp³-hybridized carbons (Fsp3) is 0.238. The van der Waals surface area contributed by atoms with Crippen LogP contribution in [0.25, 0.3) is 10.9 Å². The molecule has 4 rings (SSSR count). The van der Waals surface area contributed by atoms with Gasteiger partial charge in [-0.3, -0.25) is 9.78 Å². The van der Waals surface area contributed by atoms with Gasteiger partial charge in [-0.05, 0) is 36.8 Å². The highest BCUT2D eigenvalue weighted by atomic mass is 16.2. The molecule has 2 aromatic carbocycles. The van der Waals surface area contributed by atoms with Crippen molar-refractivity contribution in [1.29, 1.82) is 0 Å². The van der Waals surface area contributed by atoms with Crippen molar-refractivity contribution in [3.63, 3.8) is 0 Å². The van der Waals surface area contributed by atoms with Crippen LogP contribution in [0.2, 0.25) is 0 Å². The molecule has 0 unspecified atom stereocenters. The molecule has 4 nitrogen and oxygen atoms in total. The third-order valence-electron chi connectivity index (χ3n) is 4.81. The number of anilines is 1. The summed E-state index contributed by atoms with van der Waals surface area (Å²) < 4.78 is 0. The molecule has 3 aromatic rings. The number of rotatable bonds is 2. The van der Waals surface area contributed by atoms with Crippen molar-refractivity contribution in [2.24, 2.45) is 0 Å². The average Bonchev–Trinajstić information content (AvgIpc) is 2.67. The molecule has 1 saturated heterocycles. The van der Waals surface area contributed by atoms with E-state index < -0.39 is 0 Å². The summed E-state index contributed by atoms with van der Waals surface area (Å²) in [5, 5.41) is 0.927. The van der Waals surface area contributed by atoms with Crippen molar-refractivity contribution in [2.45, 2.75) is 6.92 Å². The number of fused-ring (bicyclic) bond motifs is 1. The van der Waals surface area contributed by atoms with Gasteiger partial charge in [0.15, 0.2) is 0 Å². The second-order valence-corrected chi connectivity index (χ2v) is 6.49. The lowest BCUT2D eigenvalue weighted by Gasteiger charge is -2.36. The largest absolute Gasteiger partial charge is 0.368 e. The third-order valence-corrected chi connectivity index (χ3v) is 4.81. The minimum atomic E-state index is 0.0995. The number of carbonyl (C=O) groups excluding carboxylic acids is 1. The maximum atomic E-state index is 13.0. The minimum absolute atomic E-state index is 0.0995. The van der Waals surface area contributed by atoms with Crippen LogP contribution in [0, 0.1) is 6.92 Å². The smallest absolute Gasteiger partial charge is 0.254 e. The van der Waals surface area contributed by atoms with Gasteiger partial charge in [-0.15, -0.1) is 0 Å². The van der Waals surface area contributed by atoms with Gasteiger partial charge in [0.05, 0.1) is 11.1 Å². The summed E-state index contributed by atoms with van der Waals surface area (Å²) in [6.45, 7) is 5.31. The van der Waals surface area contributed by atoms with Gasteiger partial charge < -0.3 is 9.80 Å². The van der Waals surface area contributed by atoms with Gasteiger partial charge >= 0.3 is 0 Å². The van der Waals surface area contributed by atoms with Crippen molar-refractivity contribution in [1.82, 2.24) is 9.88 Å². The number of hydrogen-bond donors (Lipinski definition) is 0. The standard InChI is InChI=1S/C21H21N3O/c1-16-5-4-6-17(15-16)23-11-13-24(14-12-23)21(25)19-9-10-22-20-8-3-2-7-18(19)20/h2-10,15H,11-14H2,1H3. The molecule has 0 spiro atoms. The Kier molecular flexibility index (Phi) is 4.10. The van der Waals surface area contributed by atoms with Crippen molar-refractivity contribution in [3.8, 4) is 0 Å². The SMILES string of the molecule is Cc1cccc(N2CCN(C(=O)c3ccnc4ccccc34)CC2)c1. The van der Waals surface area contributed by atoms with Crippen LogP contribution < -0.4 is 4.90 Å². The molecule has 126 valence electrons. The Morgan fingerprint density at radius 3 is 2.56 bits per heavy atom. The zero-order valence-electron chi connectivity index (χ0n) is 14.4. The molecule has 0 atom stereocenters. The predicted molar refractivity (Wildman–Crippen MR) is 101 cm³/mol. The molecule has 1 aromatic heterocycles. The van der Waals surface area contributed by atoms with Gasteiger partial charge in [0, 0.05) is 43.4 Å². The van der Waals surface area contributed by atoms with Crippen LogP contribution >= 0.6 is 0 Å². The Morgan fingerprint density at radius 2 is 1.76 bits per heavy atom. The first-order chi connectivity index (χ1) is 12.2. The number of carbonyl (C=O) groups is 1. The molecule has 0 bridgehead atoms. The number of hydrogen-bond acceptors (Lipinski definition) is 3. The number of piperazine rings is 1. The van der Waals surface area contributed by atoms with E-state index >= 15 is 0 Å². The Hall–Kier alpha value is -2.88. The molecule has 1 aliphatic rings. The Morgan fingerprint density at radius 1 is 0.960 bits per heavy atom. The molecule has 1 aliphatic heterocycles. The molecule has 25 heavy (non-hydrogen) atoms. The van der Waals surface area contributed by atoms with Gasteiger partial charge in [-0.2, -0.15) is 0 Å². The number of amides is 1. The molecule has 0 N–H and O–H groups in total. The maximum Gasteiger partial charge on any atom is 0.254 e. The molecule has 0 saturated carbocycles. The highest BCUT2D eigenvalue weighted by molar-refractivity contribution is 6.06. The van der Waals surface area contributed by atoms with E-state index in [1.165, 1.54) is 11.3 Å². The number of para-hydroxylation sites is 1. The van der Waals surface area contributed by atoms with E-state index in [2.05, 4.69) is 41.1 Å². The van der Waals surface area contributed by atoms with E-state index in [4.69, 9.17) is 0 Å². The number of pyridine rings is 1. The summed E-state index contributed by atoms with van der Waals surface area (Å²) in [6.07, 6.45) is 1.72. The molecule has 1 amide bonds. The third kappa shape index (κ3) is 3.07. The number of aromatic nitrogens is 1. The molecule has 1 fully saturated rings. The number of aryl methyl sites for hydroxylation is 1. The fourth-order valence-electron chi connectivity index (χ4n) is 3.45. The topological polar surface area (TPSA) is 36.4 Å². The van der Waals surface area contributed by atoms with Gasteiger partial charge in [0.1, 0.15) is 0 Å². The van der Waals surface area contributed by atoms with E-state index in [9.17, 15) is 4.79 Å². The van der Waals surface area contributed by atoms with E-state index in [1.807, 2.05) is 35.2 Å². The van der Waals surface area contributed by atoms with E-state index in [0.29, 0.717) is 0 Å². The van der Waals surface area contributed by atoms with Crippen molar-refractivity contribution >= 4 is 22.5 Å². The van der Waals surface area contributed by atoms with Crippen molar-refractivity contribution < 1.29 is 4.79 Å². The fourth-order valence-corrected chi connectivity index (χ4v) is 3.45. The summed E-state index contributed by atoms with van der Waals surface area (Å²) in [5.74, 6) is 0.0995. The lowest BCUT2D eigenvalue weighted by molar-refractivity contribution is 0.0748. The van der Waals surface area contributed by atoms with Crippen LogP contribution in [0.5, 0.6) is 0 Å². The summed E-state index contributed by atoms with van der Waals surface area (Å²) in [6, 6.07) is 18.2. The van der Waals surface area contributed by atoms with Crippen LogP contribution in [0.3, 0.4) is 0 Å². The highest BCUT2D eigenvalue weighted by Gasteiger charge is 2.23. The maximum absolute atomic E-state index is 13.0. The van der Waals surface area contributed by atoms with Crippen LogP contribution in [0.1, 0.15) is 15.9 Å².